The van der Waals surface area contributed by atoms with Crippen molar-refractivity contribution in [2.45, 2.75) is 32.1 Å². The van der Waals surface area contributed by atoms with Gasteiger partial charge in [0.2, 0.25) is 5.91 Å². The van der Waals surface area contributed by atoms with E-state index in [-0.39, 0.29) is 11.7 Å². The minimum absolute atomic E-state index is 0.173. The van der Waals surface area contributed by atoms with Crippen LogP contribution in [0.15, 0.2) is 48.5 Å². The standard InChI is InChI=1S/C25H24FN5O/c1-14-4-9-20(26)19(12-14)25(10-11-25)24(32)29-17-7-5-16(6-8-17)18-13-15(2)28-23-21(18)22(27)30-31(23)3/h4-9,12-13H,10-11H2,1-3H3,(H2,27,30)(H,29,32). The van der Waals surface area contributed by atoms with Gasteiger partial charge < -0.3 is 11.1 Å². The molecule has 5 rings (SSSR count). The van der Waals surface area contributed by atoms with Gasteiger partial charge in [-0.25, -0.2) is 14.1 Å². The smallest absolute Gasteiger partial charge is 0.235 e. The van der Waals surface area contributed by atoms with Crippen molar-refractivity contribution in [1.29, 1.82) is 0 Å². The predicted molar refractivity (Wildman–Crippen MR) is 124 cm³/mol. The van der Waals surface area contributed by atoms with Gasteiger partial charge in [-0.15, -0.1) is 0 Å². The lowest BCUT2D eigenvalue weighted by Gasteiger charge is -2.17. The third-order valence-corrected chi connectivity index (χ3v) is 6.22. The molecular formula is C25H24FN5O. The Bertz CT molecular complexity index is 1370. The van der Waals surface area contributed by atoms with E-state index in [9.17, 15) is 9.18 Å². The monoisotopic (exact) mass is 429 g/mol. The van der Waals surface area contributed by atoms with E-state index in [0.29, 0.717) is 29.9 Å². The van der Waals surface area contributed by atoms with Crippen LogP contribution in [0.4, 0.5) is 15.9 Å². The fourth-order valence-electron chi connectivity index (χ4n) is 4.36. The number of carbonyl (C=O) groups excluding carboxylic acids is 1. The van der Waals surface area contributed by atoms with Crippen LogP contribution < -0.4 is 11.1 Å². The lowest BCUT2D eigenvalue weighted by molar-refractivity contribution is -0.118. The van der Waals surface area contributed by atoms with Gasteiger partial charge in [0.25, 0.3) is 0 Å². The number of carbonyl (C=O) groups is 1. The van der Waals surface area contributed by atoms with Crippen molar-refractivity contribution < 1.29 is 9.18 Å². The SMILES string of the molecule is Cc1ccc(F)c(C2(C(=O)Nc3ccc(-c4cc(C)nc5c4c(N)nn5C)cc3)CC2)c1. The van der Waals surface area contributed by atoms with E-state index in [0.717, 1.165) is 33.4 Å². The number of nitrogen functional groups attached to an aromatic ring is 1. The zero-order valence-electron chi connectivity index (χ0n) is 18.2. The second-order valence-electron chi connectivity index (χ2n) is 8.62. The molecule has 1 fully saturated rings. The summed E-state index contributed by atoms with van der Waals surface area (Å²) in [6.45, 7) is 3.84. The molecule has 2 aromatic carbocycles. The summed E-state index contributed by atoms with van der Waals surface area (Å²) in [4.78, 5) is 17.6. The Kier molecular flexibility index (Phi) is 4.51. The second kappa shape index (κ2) is 7.15. The van der Waals surface area contributed by atoms with Crippen LogP contribution in [0.25, 0.3) is 22.2 Å². The highest BCUT2D eigenvalue weighted by Crippen LogP contribution is 2.50. The van der Waals surface area contributed by atoms with Crippen LogP contribution >= 0.6 is 0 Å². The third kappa shape index (κ3) is 3.21. The van der Waals surface area contributed by atoms with Gasteiger partial charge in [-0.2, -0.15) is 5.10 Å². The summed E-state index contributed by atoms with van der Waals surface area (Å²) in [5, 5.41) is 8.08. The van der Waals surface area contributed by atoms with Crippen LogP contribution in [0.3, 0.4) is 0 Å². The first-order chi connectivity index (χ1) is 15.3. The molecule has 4 aromatic rings. The van der Waals surface area contributed by atoms with Gasteiger partial charge in [0.05, 0.1) is 10.8 Å². The normalized spacial score (nSPS) is 14.5. The Morgan fingerprint density at radius 3 is 2.53 bits per heavy atom. The zero-order chi connectivity index (χ0) is 22.6. The molecule has 2 heterocycles. The van der Waals surface area contributed by atoms with Crippen LogP contribution in [0, 0.1) is 19.7 Å². The van der Waals surface area contributed by atoms with Crippen LogP contribution in [0.2, 0.25) is 0 Å². The lowest BCUT2D eigenvalue weighted by Crippen LogP contribution is -2.28. The summed E-state index contributed by atoms with van der Waals surface area (Å²) in [6.07, 6.45) is 1.29. The molecule has 0 unspecified atom stereocenters. The molecule has 0 radical (unpaired) electrons. The predicted octanol–water partition coefficient (Wildman–Crippen LogP) is 4.64. The van der Waals surface area contributed by atoms with Crippen LogP contribution in [-0.4, -0.2) is 20.7 Å². The average molecular weight is 429 g/mol. The Morgan fingerprint density at radius 1 is 1.12 bits per heavy atom. The van der Waals surface area contributed by atoms with Crippen LogP contribution in [0.5, 0.6) is 0 Å². The first kappa shape index (κ1) is 20.2. The van der Waals surface area contributed by atoms with Crippen molar-refractivity contribution in [2.75, 3.05) is 11.1 Å². The molecule has 6 nitrogen and oxygen atoms in total. The van der Waals surface area contributed by atoms with Crippen LogP contribution in [-0.2, 0) is 17.3 Å². The first-order valence-electron chi connectivity index (χ1n) is 10.6. The lowest BCUT2D eigenvalue weighted by atomic mass is 9.92. The minimum Gasteiger partial charge on any atom is -0.382 e. The quantitative estimate of drug-likeness (QED) is 0.495. The molecular weight excluding hydrogens is 405 g/mol. The Hall–Kier alpha value is -3.74. The average Bonchev–Trinajstić information content (AvgIpc) is 3.52. The number of anilines is 2. The molecule has 32 heavy (non-hydrogen) atoms. The number of nitrogens with two attached hydrogens (primary N) is 1. The largest absolute Gasteiger partial charge is 0.382 e. The van der Waals surface area contributed by atoms with E-state index in [1.807, 2.05) is 51.2 Å². The number of pyridine rings is 1. The Balaban J connectivity index is 1.44. The highest BCUT2D eigenvalue weighted by Gasteiger charge is 2.52. The van der Waals surface area contributed by atoms with Gasteiger partial charge in [-0.1, -0.05) is 29.8 Å². The summed E-state index contributed by atoms with van der Waals surface area (Å²) < 4.78 is 16.1. The number of hydrogen-bond donors (Lipinski definition) is 2. The van der Waals surface area contributed by atoms with E-state index < -0.39 is 5.41 Å². The molecule has 7 heteroatoms. The number of rotatable bonds is 4. The van der Waals surface area contributed by atoms with Crippen molar-refractivity contribution in [3.05, 3.63) is 71.2 Å². The maximum atomic E-state index is 14.4. The van der Waals surface area contributed by atoms with E-state index in [1.165, 1.54) is 6.07 Å². The number of hydrogen-bond acceptors (Lipinski definition) is 4. The highest BCUT2D eigenvalue weighted by molar-refractivity contribution is 6.03. The molecule has 0 atom stereocenters. The number of aromatic nitrogens is 3. The molecule has 1 aliphatic rings. The number of nitrogens with zero attached hydrogens (tertiary/aromatic N) is 3. The molecule has 0 saturated heterocycles. The molecule has 162 valence electrons. The molecule has 1 amide bonds. The Morgan fingerprint density at radius 2 is 1.84 bits per heavy atom. The van der Waals surface area contributed by atoms with Crippen molar-refractivity contribution in [2.24, 2.45) is 7.05 Å². The molecule has 0 spiro atoms. The van der Waals surface area contributed by atoms with Gasteiger partial charge in [0.15, 0.2) is 11.5 Å². The van der Waals surface area contributed by atoms with E-state index >= 15 is 0 Å². The first-order valence-corrected chi connectivity index (χ1v) is 10.6. The molecule has 0 bridgehead atoms. The number of benzene rings is 2. The Labute approximate surface area is 185 Å². The summed E-state index contributed by atoms with van der Waals surface area (Å²) >= 11 is 0. The fourth-order valence-corrected chi connectivity index (χ4v) is 4.36. The number of halogens is 1. The van der Waals surface area contributed by atoms with Gasteiger partial charge in [-0.05, 0) is 62.1 Å². The number of amides is 1. The van der Waals surface area contributed by atoms with Gasteiger partial charge in [-0.3, -0.25) is 4.79 Å². The summed E-state index contributed by atoms with van der Waals surface area (Å²) in [6, 6.07) is 14.5. The van der Waals surface area contributed by atoms with Crippen LogP contribution in [0.1, 0.15) is 29.7 Å². The zero-order valence-corrected chi connectivity index (χ0v) is 18.2. The van der Waals surface area contributed by atoms with E-state index in [1.54, 1.807) is 16.8 Å². The van der Waals surface area contributed by atoms with Gasteiger partial charge in [0.1, 0.15) is 5.82 Å². The molecule has 2 aromatic heterocycles. The molecule has 3 N–H and O–H groups in total. The van der Waals surface area contributed by atoms with Crippen molar-refractivity contribution >= 4 is 28.4 Å². The maximum absolute atomic E-state index is 14.4. The van der Waals surface area contributed by atoms with Crippen molar-refractivity contribution in [3.63, 3.8) is 0 Å². The third-order valence-electron chi connectivity index (χ3n) is 6.22. The molecule has 1 saturated carbocycles. The second-order valence-corrected chi connectivity index (χ2v) is 8.62. The number of nitrogens with one attached hydrogen (secondary N) is 1. The van der Waals surface area contributed by atoms with Gasteiger partial charge >= 0.3 is 0 Å². The maximum Gasteiger partial charge on any atom is 0.235 e. The molecule has 1 aliphatic carbocycles. The van der Waals surface area contributed by atoms with Crippen molar-refractivity contribution in [3.8, 4) is 11.1 Å². The minimum atomic E-state index is -0.784. The number of aryl methyl sites for hydroxylation is 3. The number of fused-ring (bicyclic) bond motifs is 1. The van der Waals surface area contributed by atoms with E-state index in [2.05, 4.69) is 15.4 Å². The fraction of sp³-hybridized carbons (Fsp3) is 0.240. The summed E-state index contributed by atoms with van der Waals surface area (Å²) in [5.41, 5.74) is 10.9. The van der Waals surface area contributed by atoms with Crippen molar-refractivity contribution in [1.82, 2.24) is 14.8 Å². The highest BCUT2D eigenvalue weighted by atomic mass is 19.1. The summed E-state index contributed by atoms with van der Waals surface area (Å²) in [5.74, 6) is -0.0728. The topological polar surface area (TPSA) is 85.8 Å². The van der Waals surface area contributed by atoms with E-state index in [4.69, 9.17) is 5.73 Å². The van der Waals surface area contributed by atoms with Gasteiger partial charge in [0, 0.05) is 24.0 Å². The summed E-state index contributed by atoms with van der Waals surface area (Å²) in [7, 11) is 1.82. The molecule has 0 aliphatic heterocycles.